The van der Waals surface area contributed by atoms with E-state index in [4.69, 9.17) is 0 Å². The number of hydrogen-bond acceptors (Lipinski definition) is 4. The monoisotopic (exact) mass is 328 g/mol. The van der Waals surface area contributed by atoms with Crippen LogP contribution in [0.5, 0.6) is 0 Å². The van der Waals surface area contributed by atoms with Gasteiger partial charge in [0.15, 0.2) is 0 Å². The zero-order chi connectivity index (χ0) is 16.8. The van der Waals surface area contributed by atoms with Gasteiger partial charge < -0.3 is 20.1 Å². The van der Waals surface area contributed by atoms with Crippen LogP contribution in [0.3, 0.4) is 0 Å². The fraction of sp³-hybridized carbons (Fsp3) is 0.471. The Morgan fingerprint density at radius 3 is 2.92 bits per heavy atom. The van der Waals surface area contributed by atoms with Gasteiger partial charge in [-0.2, -0.15) is 0 Å². The number of amides is 2. The average Bonchev–Trinajstić information content (AvgIpc) is 3.26. The molecule has 24 heavy (non-hydrogen) atoms. The lowest BCUT2D eigenvalue weighted by Crippen LogP contribution is -2.42. The molecule has 0 spiro atoms. The van der Waals surface area contributed by atoms with Crippen molar-refractivity contribution in [3.63, 3.8) is 0 Å². The zero-order valence-corrected chi connectivity index (χ0v) is 14.0. The molecule has 0 radical (unpaired) electrons. The van der Waals surface area contributed by atoms with Crippen LogP contribution in [-0.2, 0) is 13.1 Å². The third-order valence-electron chi connectivity index (χ3n) is 4.11. The molecule has 2 amide bonds. The first kappa shape index (κ1) is 16.3. The maximum Gasteiger partial charge on any atom is 0.315 e. The van der Waals surface area contributed by atoms with E-state index in [9.17, 15) is 4.79 Å². The van der Waals surface area contributed by atoms with Crippen LogP contribution < -0.4 is 15.5 Å². The van der Waals surface area contributed by atoms with Gasteiger partial charge in [0.05, 0.1) is 6.33 Å². The molecule has 0 saturated carbocycles. The summed E-state index contributed by atoms with van der Waals surface area (Å²) in [7, 11) is 0. The summed E-state index contributed by atoms with van der Waals surface area (Å²) in [6, 6.07) is 3.86. The molecule has 2 aromatic rings. The summed E-state index contributed by atoms with van der Waals surface area (Å²) >= 11 is 0. The molecule has 7 nitrogen and oxygen atoms in total. The molecule has 1 atom stereocenters. The smallest absolute Gasteiger partial charge is 0.315 e. The molecule has 7 heteroatoms. The Labute approximate surface area is 142 Å². The van der Waals surface area contributed by atoms with Crippen molar-refractivity contribution in [2.24, 2.45) is 0 Å². The Balaban J connectivity index is 1.46. The van der Waals surface area contributed by atoms with E-state index in [1.165, 1.54) is 12.8 Å². The summed E-state index contributed by atoms with van der Waals surface area (Å²) in [4.78, 5) is 22.7. The quantitative estimate of drug-likeness (QED) is 0.847. The lowest BCUT2D eigenvalue weighted by Gasteiger charge is -2.17. The summed E-state index contributed by atoms with van der Waals surface area (Å²) in [5.74, 6) is 1.00. The number of imidazole rings is 1. The van der Waals surface area contributed by atoms with Crippen molar-refractivity contribution in [1.29, 1.82) is 0 Å². The highest BCUT2D eigenvalue weighted by Gasteiger charge is 2.14. The molecule has 3 heterocycles. The Kier molecular flexibility index (Phi) is 5.30. The van der Waals surface area contributed by atoms with E-state index in [1.54, 1.807) is 12.5 Å². The Morgan fingerprint density at radius 1 is 1.33 bits per heavy atom. The van der Waals surface area contributed by atoms with Gasteiger partial charge in [0.2, 0.25) is 0 Å². The Bertz CT molecular complexity index is 651. The van der Waals surface area contributed by atoms with Gasteiger partial charge >= 0.3 is 6.03 Å². The topological polar surface area (TPSA) is 75.1 Å². The normalized spacial score (nSPS) is 15.3. The second-order valence-electron chi connectivity index (χ2n) is 6.20. The maximum absolute atomic E-state index is 12.0. The lowest BCUT2D eigenvalue weighted by molar-refractivity contribution is 0.236. The summed E-state index contributed by atoms with van der Waals surface area (Å²) in [5, 5.41) is 5.84. The summed E-state index contributed by atoms with van der Waals surface area (Å²) in [6.45, 7) is 5.29. The highest BCUT2D eigenvalue weighted by Crippen LogP contribution is 2.18. The van der Waals surface area contributed by atoms with Gasteiger partial charge in [-0.1, -0.05) is 0 Å². The summed E-state index contributed by atoms with van der Waals surface area (Å²) < 4.78 is 1.94. The summed E-state index contributed by atoms with van der Waals surface area (Å²) in [5.41, 5.74) is 1.06. The molecule has 0 aromatic carbocycles. The van der Waals surface area contributed by atoms with E-state index in [0.717, 1.165) is 24.5 Å². The second kappa shape index (κ2) is 7.81. The molecule has 2 N–H and O–H groups in total. The molecule has 0 bridgehead atoms. The highest BCUT2D eigenvalue weighted by molar-refractivity contribution is 5.74. The molecule has 1 fully saturated rings. The minimum absolute atomic E-state index is 0.0248. The van der Waals surface area contributed by atoms with Gasteiger partial charge in [0, 0.05) is 50.8 Å². The van der Waals surface area contributed by atoms with Crippen molar-refractivity contribution in [3.05, 3.63) is 42.6 Å². The first-order valence-electron chi connectivity index (χ1n) is 8.41. The molecule has 3 rings (SSSR count). The Hall–Kier alpha value is -2.57. The molecular weight excluding hydrogens is 304 g/mol. The fourth-order valence-corrected chi connectivity index (χ4v) is 2.90. The molecule has 2 aromatic heterocycles. The van der Waals surface area contributed by atoms with Crippen molar-refractivity contribution in [2.45, 2.75) is 38.9 Å². The van der Waals surface area contributed by atoms with Crippen molar-refractivity contribution in [1.82, 2.24) is 25.2 Å². The predicted molar refractivity (Wildman–Crippen MR) is 92.7 cm³/mol. The van der Waals surface area contributed by atoms with Crippen molar-refractivity contribution in [2.75, 3.05) is 18.0 Å². The number of rotatable bonds is 6. The third kappa shape index (κ3) is 4.47. The molecule has 1 aliphatic heterocycles. The van der Waals surface area contributed by atoms with Crippen LogP contribution in [0.4, 0.5) is 10.6 Å². The van der Waals surface area contributed by atoms with Gasteiger partial charge in [0.1, 0.15) is 5.82 Å². The number of nitrogens with one attached hydrogen (secondary N) is 2. The lowest BCUT2D eigenvalue weighted by atomic mass is 10.2. The minimum Gasteiger partial charge on any atom is -0.357 e. The number of urea groups is 1. The SMILES string of the molecule is C[C@H](Cn1ccnc1)NC(=O)NCc1ccnc(N2CCCC2)c1. The van der Waals surface area contributed by atoms with Crippen LogP contribution in [0.15, 0.2) is 37.1 Å². The van der Waals surface area contributed by atoms with E-state index in [1.807, 2.05) is 30.0 Å². The van der Waals surface area contributed by atoms with E-state index >= 15 is 0 Å². The first-order chi connectivity index (χ1) is 11.7. The zero-order valence-electron chi connectivity index (χ0n) is 14.0. The molecule has 128 valence electrons. The number of carbonyl (C=O) groups is 1. The second-order valence-corrected chi connectivity index (χ2v) is 6.20. The van der Waals surface area contributed by atoms with Crippen LogP contribution in [0.25, 0.3) is 0 Å². The average molecular weight is 328 g/mol. The fourth-order valence-electron chi connectivity index (χ4n) is 2.90. The molecule has 0 unspecified atom stereocenters. The van der Waals surface area contributed by atoms with Crippen LogP contribution in [-0.4, -0.2) is 39.7 Å². The standard InChI is InChI=1S/C17H24N6O/c1-14(12-22-9-6-18-13-22)21-17(24)20-11-15-4-5-19-16(10-15)23-7-2-3-8-23/h4-6,9-10,13-14H,2-3,7-8,11-12H2,1H3,(H2,20,21,24)/t14-/m1/s1. The maximum atomic E-state index is 12.0. The van der Waals surface area contributed by atoms with E-state index in [-0.39, 0.29) is 12.1 Å². The number of nitrogens with zero attached hydrogens (tertiary/aromatic N) is 4. The predicted octanol–water partition coefficient (Wildman–Crippen LogP) is 1.77. The largest absolute Gasteiger partial charge is 0.357 e. The van der Waals surface area contributed by atoms with Crippen LogP contribution in [0, 0.1) is 0 Å². The summed E-state index contributed by atoms with van der Waals surface area (Å²) in [6.07, 6.45) is 9.61. The van der Waals surface area contributed by atoms with Gasteiger partial charge in [-0.15, -0.1) is 0 Å². The van der Waals surface area contributed by atoms with Gasteiger partial charge in [-0.3, -0.25) is 0 Å². The van der Waals surface area contributed by atoms with Crippen molar-refractivity contribution >= 4 is 11.8 Å². The van der Waals surface area contributed by atoms with Gasteiger partial charge in [-0.25, -0.2) is 14.8 Å². The van der Waals surface area contributed by atoms with Crippen molar-refractivity contribution < 1.29 is 4.79 Å². The van der Waals surface area contributed by atoms with Crippen LogP contribution >= 0.6 is 0 Å². The number of pyridine rings is 1. The van der Waals surface area contributed by atoms with E-state index in [0.29, 0.717) is 13.1 Å². The molecular formula is C17H24N6O. The van der Waals surface area contributed by atoms with Crippen molar-refractivity contribution in [3.8, 4) is 0 Å². The minimum atomic E-state index is -0.165. The molecule has 0 aliphatic carbocycles. The van der Waals surface area contributed by atoms with Crippen LogP contribution in [0.2, 0.25) is 0 Å². The number of hydrogen-bond donors (Lipinski definition) is 2. The Morgan fingerprint density at radius 2 is 2.17 bits per heavy atom. The third-order valence-corrected chi connectivity index (χ3v) is 4.11. The molecule has 1 aliphatic rings. The van der Waals surface area contributed by atoms with E-state index in [2.05, 4.69) is 31.6 Å². The van der Waals surface area contributed by atoms with Gasteiger partial charge in [-0.05, 0) is 37.5 Å². The highest BCUT2D eigenvalue weighted by atomic mass is 16.2. The number of anilines is 1. The van der Waals surface area contributed by atoms with E-state index < -0.39 is 0 Å². The van der Waals surface area contributed by atoms with Gasteiger partial charge in [0.25, 0.3) is 0 Å². The number of carbonyl (C=O) groups excluding carboxylic acids is 1. The first-order valence-corrected chi connectivity index (χ1v) is 8.41. The molecule has 1 saturated heterocycles. The van der Waals surface area contributed by atoms with Crippen LogP contribution in [0.1, 0.15) is 25.3 Å². The number of aromatic nitrogens is 3.